The van der Waals surface area contributed by atoms with E-state index in [1.807, 2.05) is 6.07 Å². The minimum Gasteiger partial charge on any atom is -0.330 e. The maximum absolute atomic E-state index is 12.6. The van der Waals surface area contributed by atoms with E-state index in [1.54, 1.807) is 24.3 Å². The van der Waals surface area contributed by atoms with Gasteiger partial charge in [-0.3, -0.25) is 0 Å². The Bertz CT molecular complexity index is 542. The fraction of sp³-hybridized carbons (Fsp3) is 0.364. The Labute approximate surface area is 117 Å². The molecule has 0 aliphatic carbocycles. The van der Waals surface area contributed by atoms with E-state index in [0.717, 1.165) is 11.8 Å². The van der Waals surface area contributed by atoms with E-state index >= 15 is 0 Å². The van der Waals surface area contributed by atoms with Crippen molar-refractivity contribution in [2.45, 2.75) is 11.3 Å². The van der Waals surface area contributed by atoms with Crippen LogP contribution >= 0.6 is 11.8 Å². The lowest BCUT2D eigenvalue weighted by Crippen LogP contribution is -2.32. The molecule has 1 aromatic carbocycles. The number of nitrogens with zero attached hydrogens (tertiary/aromatic N) is 4. The first-order valence-corrected chi connectivity index (χ1v) is 6.74. The Morgan fingerprint density at radius 1 is 1.25 bits per heavy atom. The maximum atomic E-state index is 12.6. The Morgan fingerprint density at radius 2 is 1.95 bits per heavy atom. The summed E-state index contributed by atoms with van der Waals surface area (Å²) in [6, 6.07) is 8.96. The number of alkyl halides is 3. The van der Waals surface area contributed by atoms with E-state index in [0.29, 0.717) is 10.8 Å². The van der Waals surface area contributed by atoms with E-state index in [-0.39, 0.29) is 5.75 Å². The lowest BCUT2D eigenvalue weighted by molar-refractivity contribution is -0.165. The monoisotopic (exact) mass is 303 g/mol. The van der Waals surface area contributed by atoms with Crippen LogP contribution in [-0.2, 0) is 0 Å². The molecule has 2 N–H and O–H groups in total. The number of hydrogen-bond donors (Lipinski definition) is 1. The van der Waals surface area contributed by atoms with Gasteiger partial charge in [0.1, 0.15) is 0 Å². The quantitative estimate of drug-likeness (QED) is 0.854. The van der Waals surface area contributed by atoms with Gasteiger partial charge in [-0.05, 0) is 22.6 Å². The topological polar surface area (TPSA) is 69.6 Å². The molecule has 0 saturated heterocycles. The number of benzene rings is 1. The molecule has 1 atom stereocenters. The van der Waals surface area contributed by atoms with Crippen molar-refractivity contribution in [1.82, 2.24) is 20.2 Å². The summed E-state index contributed by atoms with van der Waals surface area (Å²) in [5.74, 6) is -1.79. The van der Waals surface area contributed by atoms with Gasteiger partial charge in [-0.1, -0.05) is 30.0 Å². The molecule has 2 rings (SSSR count). The SMILES string of the molecule is NCC(CSc1nnnn1-c1ccccc1)C(F)(F)F. The predicted molar refractivity (Wildman–Crippen MR) is 68.5 cm³/mol. The lowest BCUT2D eigenvalue weighted by Gasteiger charge is -2.17. The highest BCUT2D eigenvalue weighted by Crippen LogP contribution is 2.30. The van der Waals surface area contributed by atoms with Gasteiger partial charge >= 0.3 is 6.18 Å². The van der Waals surface area contributed by atoms with Crippen molar-refractivity contribution >= 4 is 11.8 Å². The third-order valence-corrected chi connectivity index (χ3v) is 3.68. The van der Waals surface area contributed by atoms with Crippen LogP contribution in [0.15, 0.2) is 35.5 Å². The van der Waals surface area contributed by atoms with Gasteiger partial charge in [-0.15, -0.1) is 5.10 Å². The summed E-state index contributed by atoms with van der Waals surface area (Å²) in [6.45, 7) is -0.455. The normalized spacial score (nSPS) is 13.4. The average molecular weight is 303 g/mol. The molecule has 9 heteroatoms. The molecule has 0 spiro atoms. The lowest BCUT2D eigenvalue weighted by atomic mass is 10.2. The molecule has 0 radical (unpaired) electrons. The molecule has 0 aliphatic heterocycles. The second kappa shape index (κ2) is 6.23. The van der Waals surface area contributed by atoms with Gasteiger partial charge in [-0.25, -0.2) is 0 Å². The summed E-state index contributed by atoms with van der Waals surface area (Å²) in [7, 11) is 0. The second-order valence-corrected chi connectivity index (χ2v) is 4.98. The van der Waals surface area contributed by atoms with Gasteiger partial charge < -0.3 is 5.73 Å². The zero-order chi connectivity index (χ0) is 14.6. The minimum absolute atomic E-state index is 0.215. The molecule has 2 aromatic rings. The Kier molecular flexibility index (Phi) is 4.61. The number of nitrogens with two attached hydrogens (primary N) is 1. The molecule has 1 heterocycles. The molecule has 0 bridgehead atoms. The number of tetrazole rings is 1. The van der Waals surface area contributed by atoms with Gasteiger partial charge in [0.25, 0.3) is 0 Å². The van der Waals surface area contributed by atoms with Gasteiger partial charge in [0, 0.05) is 12.3 Å². The van der Waals surface area contributed by atoms with Crippen LogP contribution in [0.4, 0.5) is 13.2 Å². The molecule has 0 aliphatic rings. The number of hydrogen-bond acceptors (Lipinski definition) is 5. The van der Waals surface area contributed by atoms with Crippen LogP contribution in [0.1, 0.15) is 0 Å². The number of thioether (sulfide) groups is 1. The van der Waals surface area contributed by atoms with Crippen LogP contribution in [0.5, 0.6) is 0 Å². The van der Waals surface area contributed by atoms with Crippen LogP contribution in [0.25, 0.3) is 5.69 Å². The summed E-state index contributed by atoms with van der Waals surface area (Å²) in [5, 5.41) is 11.3. The Morgan fingerprint density at radius 3 is 2.55 bits per heavy atom. The number of aromatic nitrogens is 4. The molecule has 0 amide bonds. The van der Waals surface area contributed by atoms with Crippen LogP contribution < -0.4 is 5.73 Å². The van der Waals surface area contributed by atoms with Crippen LogP contribution in [0.3, 0.4) is 0 Å². The largest absolute Gasteiger partial charge is 0.393 e. The van der Waals surface area contributed by atoms with Crippen LogP contribution in [-0.4, -0.2) is 38.7 Å². The molecule has 0 saturated carbocycles. The first-order valence-electron chi connectivity index (χ1n) is 5.75. The van der Waals surface area contributed by atoms with E-state index in [2.05, 4.69) is 15.5 Å². The van der Waals surface area contributed by atoms with Crippen LogP contribution in [0.2, 0.25) is 0 Å². The first-order chi connectivity index (χ1) is 9.52. The number of rotatable bonds is 5. The van der Waals surface area contributed by atoms with Crippen molar-refractivity contribution in [2.24, 2.45) is 11.7 Å². The maximum Gasteiger partial charge on any atom is 0.393 e. The van der Waals surface area contributed by atoms with Crippen molar-refractivity contribution in [3.05, 3.63) is 30.3 Å². The van der Waals surface area contributed by atoms with E-state index in [4.69, 9.17) is 5.73 Å². The molecule has 1 unspecified atom stereocenters. The predicted octanol–water partition coefficient (Wildman–Crippen LogP) is 1.89. The summed E-state index contributed by atoms with van der Waals surface area (Å²) in [5.41, 5.74) is 5.85. The zero-order valence-electron chi connectivity index (χ0n) is 10.3. The van der Waals surface area contributed by atoms with Gasteiger partial charge in [0.05, 0.1) is 11.6 Å². The summed E-state index contributed by atoms with van der Waals surface area (Å²) in [6.07, 6.45) is -4.31. The highest BCUT2D eigenvalue weighted by molar-refractivity contribution is 7.99. The summed E-state index contributed by atoms with van der Waals surface area (Å²) >= 11 is 0.935. The van der Waals surface area contributed by atoms with Gasteiger partial charge in [0.15, 0.2) is 0 Å². The van der Waals surface area contributed by atoms with Crippen molar-refractivity contribution in [1.29, 1.82) is 0 Å². The van der Waals surface area contributed by atoms with Crippen molar-refractivity contribution in [3.63, 3.8) is 0 Å². The van der Waals surface area contributed by atoms with Gasteiger partial charge in [0.2, 0.25) is 5.16 Å². The van der Waals surface area contributed by atoms with Crippen molar-refractivity contribution in [3.8, 4) is 5.69 Å². The Hall–Kier alpha value is -1.61. The van der Waals surface area contributed by atoms with Crippen molar-refractivity contribution in [2.75, 3.05) is 12.3 Å². The highest BCUT2D eigenvalue weighted by Gasteiger charge is 2.38. The fourth-order valence-corrected chi connectivity index (χ4v) is 2.51. The first kappa shape index (κ1) is 14.8. The van der Waals surface area contributed by atoms with Crippen LogP contribution in [0, 0.1) is 5.92 Å². The molecule has 1 aromatic heterocycles. The Balaban J connectivity index is 2.10. The molecule has 20 heavy (non-hydrogen) atoms. The fourth-order valence-electron chi connectivity index (χ4n) is 1.47. The number of halogens is 3. The van der Waals surface area contributed by atoms with E-state index in [9.17, 15) is 13.2 Å². The standard InChI is InChI=1S/C11H12F3N5S/c12-11(13,14)8(6-15)7-20-10-16-17-18-19(10)9-4-2-1-3-5-9/h1-5,8H,6-7,15H2. The molecule has 0 fully saturated rings. The third kappa shape index (κ3) is 3.48. The number of para-hydroxylation sites is 1. The highest BCUT2D eigenvalue weighted by atomic mass is 32.2. The molecular weight excluding hydrogens is 291 g/mol. The second-order valence-electron chi connectivity index (χ2n) is 3.99. The van der Waals surface area contributed by atoms with Crippen molar-refractivity contribution < 1.29 is 13.2 Å². The smallest absolute Gasteiger partial charge is 0.330 e. The molecular formula is C11H12F3N5S. The average Bonchev–Trinajstić information content (AvgIpc) is 2.87. The zero-order valence-corrected chi connectivity index (χ0v) is 11.1. The summed E-state index contributed by atoms with van der Waals surface area (Å²) < 4.78 is 39.3. The molecule has 5 nitrogen and oxygen atoms in total. The third-order valence-electron chi connectivity index (χ3n) is 2.60. The van der Waals surface area contributed by atoms with E-state index in [1.165, 1.54) is 4.68 Å². The van der Waals surface area contributed by atoms with E-state index < -0.39 is 18.6 Å². The minimum atomic E-state index is -4.31. The summed E-state index contributed by atoms with van der Waals surface area (Å²) in [4.78, 5) is 0. The van der Waals surface area contributed by atoms with Gasteiger partial charge in [-0.2, -0.15) is 17.9 Å². The molecule has 108 valence electrons.